The van der Waals surface area contributed by atoms with E-state index in [0.29, 0.717) is 0 Å². The first-order valence-electron chi connectivity index (χ1n) is 8.01. The first-order chi connectivity index (χ1) is 12.8. The molecule has 3 rings (SSSR count). The van der Waals surface area contributed by atoms with E-state index in [0.717, 1.165) is 14.7 Å². The van der Waals surface area contributed by atoms with E-state index in [1.165, 1.54) is 30.3 Å². The fourth-order valence-corrected chi connectivity index (χ4v) is 4.40. The first kappa shape index (κ1) is 19.7. The summed E-state index contributed by atoms with van der Waals surface area (Å²) >= 11 is 5.65. The maximum atomic E-state index is 13.8. The molecule has 0 atom stereocenters. The molecule has 1 aliphatic rings. The number of nitrogens with zero attached hydrogens (tertiary/aromatic N) is 2. The monoisotopic (exact) mass is 415 g/mol. The van der Waals surface area contributed by atoms with Gasteiger partial charge >= 0.3 is 0 Å². The quantitative estimate of drug-likeness (QED) is 0.816. The van der Waals surface area contributed by atoms with Crippen LogP contribution in [0.4, 0.5) is 14.5 Å². The molecule has 0 aromatic heterocycles. The van der Waals surface area contributed by atoms with Crippen molar-refractivity contribution in [2.75, 3.05) is 25.0 Å². The van der Waals surface area contributed by atoms with E-state index in [9.17, 15) is 22.0 Å². The van der Waals surface area contributed by atoms with E-state index in [2.05, 4.69) is 5.32 Å². The number of anilines is 1. The van der Waals surface area contributed by atoms with E-state index >= 15 is 0 Å². The van der Waals surface area contributed by atoms with Gasteiger partial charge in [-0.1, -0.05) is 29.8 Å². The lowest BCUT2D eigenvalue weighted by Crippen LogP contribution is -2.38. The lowest BCUT2D eigenvalue weighted by Gasteiger charge is -2.18. The molecule has 0 bridgehead atoms. The maximum Gasteiger partial charge on any atom is 0.282 e. The summed E-state index contributed by atoms with van der Waals surface area (Å²) in [4.78, 5) is 12.1. The van der Waals surface area contributed by atoms with E-state index in [-0.39, 0.29) is 35.9 Å². The smallest absolute Gasteiger partial charge is 0.282 e. The summed E-state index contributed by atoms with van der Waals surface area (Å²) in [7, 11) is -3.89. The molecule has 1 N–H and O–H groups in total. The highest BCUT2D eigenvalue weighted by Crippen LogP contribution is 2.22. The number of amides is 1. The van der Waals surface area contributed by atoms with E-state index in [4.69, 9.17) is 11.6 Å². The molecular weight excluding hydrogens is 400 g/mol. The van der Waals surface area contributed by atoms with Gasteiger partial charge < -0.3 is 5.32 Å². The second-order valence-corrected chi connectivity index (χ2v) is 8.28. The van der Waals surface area contributed by atoms with Crippen molar-refractivity contribution in [1.29, 1.82) is 0 Å². The Labute approximate surface area is 160 Å². The van der Waals surface area contributed by atoms with Crippen LogP contribution in [0, 0.1) is 11.6 Å². The summed E-state index contributed by atoms with van der Waals surface area (Å²) in [5, 5.41) is 2.32. The molecule has 1 saturated heterocycles. The zero-order chi connectivity index (χ0) is 19.6. The number of benzene rings is 2. The number of hydrogen-bond acceptors (Lipinski definition) is 3. The number of hydrogen-bond donors (Lipinski definition) is 1. The maximum absolute atomic E-state index is 13.8. The Hall–Kier alpha value is -2.07. The van der Waals surface area contributed by atoms with Gasteiger partial charge in [-0.15, -0.1) is 0 Å². The number of carbonyl (C=O) groups is 1. The predicted molar refractivity (Wildman–Crippen MR) is 97.3 cm³/mol. The summed E-state index contributed by atoms with van der Waals surface area (Å²) in [5.41, 5.74) is 0.513. The molecule has 2 aromatic rings. The van der Waals surface area contributed by atoms with Gasteiger partial charge in [0.05, 0.1) is 11.6 Å². The van der Waals surface area contributed by atoms with Crippen LogP contribution in [0.25, 0.3) is 0 Å². The largest absolute Gasteiger partial charge is 0.325 e. The summed E-state index contributed by atoms with van der Waals surface area (Å²) < 4.78 is 54.2. The van der Waals surface area contributed by atoms with Crippen molar-refractivity contribution in [1.82, 2.24) is 8.61 Å². The van der Waals surface area contributed by atoms with Crippen molar-refractivity contribution in [2.45, 2.75) is 6.54 Å². The third-order valence-corrected chi connectivity index (χ3v) is 6.30. The summed E-state index contributed by atoms with van der Waals surface area (Å²) in [6, 6.07) is 9.58. The van der Waals surface area contributed by atoms with Gasteiger partial charge in [-0.3, -0.25) is 4.79 Å². The molecule has 2 aromatic carbocycles. The van der Waals surface area contributed by atoms with Crippen molar-refractivity contribution in [3.05, 3.63) is 64.7 Å². The van der Waals surface area contributed by atoms with Gasteiger partial charge in [-0.2, -0.15) is 17.0 Å². The summed E-state index contributed by atoms with van der Waals surface area (Å²) in [6.45, 7) is -0.271. The zero-order valence-corrected chi connectivity index (χ0v) is 15.6. The van der Waals surface area contributed by atoms with E-state index < -0.39 is 34.3 Å². The second-order valence-electron chi connectivity index (χ2n) is 5.94. The minimum Gasteiger partial charge on any atom is -0.325 e. The van der Waals surface area contributed by atoms with Crippen LogP contribution in [0.3, 0.4) is 0 Å². The molecule has 6 nitrogen and oxygen atoms in total. The van der Waals surface area contributed by atoms with Crippen LogP contribution in [-0.2, 0) is 21.5 Å². The van der Waals surface area contributed by atoms with Crippen LogP contribution in [0.15, 0.2) is 42.5 Å². The highest BCUT2D eigenvalue weighted by Gasteiger charge is 2.37. The van der Waals surface area contributed by atoms with Crippen LogP contribution in [0.2, 0.25) is 5.02 Å². The highest BCUT2D eigenvalue weighted by molar-refractivity contribution is 7.87. The normalized spacial score (nSPS) is 17.1. The van der Waals surface area contributed by atoms with Crippen molar-refractivity contribution in [3.63, 3.8) is 0 Å². The summed E-state index contributed by atoms with van der Waals surface area (Å²) in [6.07, 6.45) is 0. The standard InChI is InChI=1S/C17H16ClF2N3O3S/c18-14-9-13(5-6-16(14)20)21-17(24)11-23-8-7-22(27(23,25)26)10-12-3-1-2-4-15(12)19/h1-6,9H,7-8,10-11H2,(H,21,24). The lowest BCUT2D eigenvalue weighted by atomic mass is 10.2. The predicted octanol–water partition coefficient (Wildman–Crippen LogP) is 2.62. The van der Waals surface area contributed by atoms with Crippen LogP contribution in [0.1, 0.15) is 5.56 Å². The molecule has 1 amide bonds. The number of rotatable bonds is 5. The Morgan fingerprint density at radius 3 is 2.48 bits per heavy atom. The Morgan fingerprint density at radius 2 is 1.78 bits per heavy atom. The van der Waals surface area contributed by atoms with Crippen molar-refractivity contribution >= 4 is 33.4 Å². The van der Waals surface area contributed by atoms with Gasteiger partial charge in [0, 0.05) is 30.9 Å². The third kappa shape index (κ3) is 4.44. The molecular formula is C17H16ClF2N3O3S. The van der Waals surface area contributed by atoms with Crippen molar-refractivity contribution in [3.8, 4) is 0 Å². The number of nitrogens with one attached hydrogen (secondary N) is 1. The average molecular weight is 416 g/mol. The molecule has 0 spiro atoms. The van der Waals surface area contributed by atoms with Gasteiger partial charge in [0.25, 0.3) is 10.2 Å². The van der Waals surface area contributed by atoms with Crippen LogP contribution in [-0.4, -0.2) is 42.6 Å². The molecule has 0 radical (unpaired) electrons. The molecule has 1 heterocycles. The van der Waals surface area contributed by atoms with Crippen LogP contribution in [0.5, 0.6) is 0 Å². The summed E-state index contributed by atoms with van der Waals surface area (Å²) in [5.74, 6) is -1.70. The van der Waals surface area contributed by atoms with Gasteiger partial charge in [0.1, 0.15) is 11.6 Å². The fourth-order valence-electron chi connectivity index (χ4n) is 2.69. The molecule has 1 aliphatic heterocycles. The van der Waals surface area contributed by atoms with Crippen LogP contribution >= 0.6 is 11.6 Å². The number of halogens is 3. The van der Waals surface area contributed by atoms with Gasteiger partial charge in [0.2, 0.25) is 5.91 Å². The minimum absolute atomic E-state index is 0.106. The second kappa shape index (κ2) is 7.89. The van der Waals surface area contributed by atoms with Crippen molar-refractivity contribution in [2.24, 2.45) is 0 Å². The van der Waals surface area contributed by atoms with Gasteiger partial charge in [-0.05, 0) is 24.3 Å². The lowest BCUT2D eigenvalue weighted by molar-refractivity contribution is -0.116. The van der Waals surface area contributed by atoms with Crippen LogP contribution < -0.4 is 5.32 Å². The molecule has 0 saturated carbocycles. The molecule has 144 valence electrons. The molecule has 0 unspecified atom stereocenters. The van der Waals surface area contributed by atoms with Gasteiger partial charge in [0.15, 0.2) is 0 Å². The highest BCUT2D eigenvalue weighted by atomic mass is 35.5. The first-order valence-corrected chi connectivity index (χ1v) is 9.78. The molecule has 1 fully saturated rings. The Balaban J connectivity index is 1.65. The van der Waals surface area contributed by atoms with Crippen molar-refractivity contribution < 1.29 is 22.0 Å². The third-order valence-electron chi connectivity index (χ3n) is 4.08. The average Bonchev–Trinajstić information content (AvgIpc) is 2.87. The topological polar surface area (TPSA) is 69.7 Å². The fraction of sp³-hybridized carbons (Fsp3) is 0.235. The van der Waals surface area contributed by atoms with Gasteiger partial charge in [-0.25, -0.2) is 8.78 Å². The minimum atomic E-state index is -3.89. The number of carbonyl (C=O) groups excluding carboxylic acids is 1. The Kier molecular flexibility index (Phi) is 5.75. The molecule has 27 heavy (non-hydrogen) atoms. The Morgan fingerprint density at radius 1 is 1.07 bits per heavy atom. The molecule has 0 aliphatic carbocycles. The van der Waals surface area contributed by atoms with E-state index in [1.54, 1.807) is 6.07 Å². The Bertz CT molecular complexity index is 972. The zero-order valence-electron chi connectivity index (χ0n) is 14.0. The molecule has 10 heteroatoms. The SMILES string of the molecule is O=C(CN1CCN(Cc2ccccc2F)S1(=O)=O)Nc1ccc(F)c(Cl)c1. The van der Waals surface area contributed by atoms with E-state index in [1.807, 2.05) is 0 Å².